The Balaban J connectivity index is 1.72. The van der Waals surface area contributed by atoms with Crippen LogP contribution in [0.25, 0.3) is 0 Å². The first-order valence-corrected chi connectivity index (χ1v) is 10.8. The van der Waals surface area contributed by atoms with Gasteiger partial charge in [-0.05, 0) is 30.9 Å². The first kappa shape index (κ1) is 18.8. The fourth-order valence-corrected chi connectivity index (χ4v) is 4.36. The Morgan fingerprint density at radius 1 is 1.27 bits per heavy atom. The first-order valence-electron chi connectivity index (χ1n) is 9.00. The van der Waals surface area contributed by atoms with Crippen molar-refractivity contribution in [3.8, 4) is 11.5 Å². The van der Waals surface area contributed by atoms with Crippen LogP contribution in [0, 0.1) is 5.92 Å². The quantitative estimate of drug-likeness (QED) is 0.777. The molecule has 0 saturated carbocycles. The van der Waals surface area contributed by atoms with Crippen molar-refractivity contribution in [1.82, 2.24) is 4.90 Å². The number of anilines is 1. The molecule has 1 aromatic rings. The van der Waals surface area contributed by atoms with Gasteiger partial charge in [0.25, 0.3) is 0 Å². The highest BCUT2D eigenvalue weighted by Crippen LogP contribution is 2.34. The molecule has 2 aliphatic rings. The topological polar surface area (TPSA) is 76.2 Å². The molecule has 1 atom stereocenters. The molecule has 3 rings (SSSR count). The van der Waals surface area contributed by atoms with E-state index in [0.717, 1.165) is 32.2 Å². The van der Waals surface area contributed by atoms with Crippen molar-refractivity contribution >= 4 is 21.6 Å². The number of benzene rings is 1. The molecular formula is C18H26N2O5S. The summed E-state index contributed by atoms with van der Waals surface area (Å²) < 4.78 is 36.8. The summed E-state index contributed by atoms with van der Waals surface area (Å²) in [6.07, 6.45) is 3.45. The van der Waals surface area contributed by atoms with Crippen LogP contribution in [0.15, 0.2) is 18.2 Å². The molecule has 7 nitrogen and oxygen atoms in total. The summed E-state index contributed by atoms with van der Waals surface area (Å²) in [7, 11) is -3.52. The van der Waals surface area contributed by atoms with Crippen LogP contribution in [0.4, 0.5) is 5.69 Å². The maximum Gasteiger partial charge on any atom is 0.232 e. The summed E-state index contributed by atoms with van der Waals surface area (Å²) in [4.78, 5) is 14.3. The Kier molecular flexibility index (Phi) is 5.60. The van der Waals surface area contributed by atoms with E-state index < -0.39 is 10.0 Å². The highest BCUT2D eigenvalue weighted by atomic mass is 32.2. The lowest BCUT2D eigenvalue weighted by Gasteiger charge is -2.32. The number of hydrogen-bond acceptors (Lipinski definition) is 5. The minimum atomic E-state index is -3.52. The van der Waals surface area contributed by atoms with Gasteiger partial charge in [0.2, 0.25) is 15.9 Å². The van der Waals surface area contributed by atoms with Crippen molar-refractivity contribution < 1.29 is 22.7 Å². The summed E-state index contributed by atoms with van der Waals surface area (Å²) in [6, 6.07) is 5.04. The highest BCUT2D eigenvalue weighted by Gasteiger charge is 2.25. The van der Waals surface area contributed by atoms with Crippen LogP contribution >= 0.6 is 0 Å². The molecule has 0 spiro atoms. The van der Waals surface area contributed by atoms with Gasteiger partial charge in [0.1, 0.15) is 13.2 Å². The number of piperidine rings is 1. The molecule has 1 unspecified atom stereocenters. The van der Waals surface area contributed by atoms with Crippen molar-refractivity contribution in [3.63, 3.8) is 0 Å². The van der Waals surface area contributed by atoms with Crippen molar-refractivity contribution in [2.75, 3.05) is 43.4 Å². The van der Waals surface area contributed by atoms with E-state index in [9.17, 15) is 13.2 Å². The van der Waals surface area contributed by atoms with Gasteiger partial charge in [0.05, 0.1) is 11.9 Å². The third-order valence-corrected chi connectivity index (χ3v) is 5.95. The Morgan fingerprint density at radius 3 is 2.69 bits per heavy atom. The zero-order chi connectivity index (χ0) is 18.7. The lowest BCUT2D eigenvalue weighted by Crippen LogP contribution is -2.41. The molecule has 144 valence electrons. The molecular weight excluding hydrogens is 356 g/mol. The minimum Gasteiger partial charge on any atom is -0.486 e. The Hall–Kier alpha value is -1.96. The third kappa shape index (κ3) is 4.41. The Bertz CT molecular complexity index is 765. The van der Waals surface area contributed by atoms with Crippen LogP contribution in [0.3, 0.4) is 0 Å². The number of hydrogen-bond donors (Lipinski definition) is 0. The van der Waals surface area contributed by atoms with Crippen LogP contribution in [0.1, 0.15) is 26.2 Å². The Morgan fingerprint density at radius 2 is 2.00 bits per heavy atom. The van der Waals surface area contributed by atoms with Gasteiger partial charge < -0.3 is 14.4 Å². The van der Waals surface area contributed by atoms with E-state index in [2.05, 4.69) is 6.92 Å². The molecule has 2 aliphatic heterocycles. The number of amides is 1. The zero-order valence-electron chi connectivity index (χ0n) is 15.3. The minimum absolute atomic E-state index is 0.00254. The molecule has 2 heterocycles. The molecule has 0 aromatic heterocycles. The van der Waals surface area contributed by atoms with Gasteiger partial charge in [-0.15, -0.1) is 0 Å². The highest BCUT2D eigenvalue weighted by molar-refractivity contribution is 7.92. The maximum absolute atomic E-state index is 12.5. The van der Waals surface area contributed by atoms with Crippen LogP contribution in [0.2, 0.25) is 0 Å². The number of rotatable bonds is 5. The van der Waals surface area contributed by atoms with Gasteiger partial charge in [0, 0.05) is 32.1 Å². The zero-order valence-corrected chi connectivity index (χ0v) is 16.1. The predicted molar refractivity (Wildman–Crippen MR) is 99.2 cm³/mol. The fourth-order valence-electron chi connectivity index (χ4n) is 3.44. The summed E-state index contributed by atoms with van der Waals surface area (Å²) in [6.45, 7) is 4.67. The molecule has 1 saturated heterocycles. The van der Waals surface area contributed by atoms with Gasteiger partial charge in [-0.25, -0.2) is 8.42 Å². The van der Waals surface area contributed by atoms with E-state index >= 15 is 0 Å². The molecule has 0 bridgehead atoms. The molecule has 26 heavy (non-hydrogen) atoms. The van der Waals surface area contributed by atoms with Crippen LogP contribution in [-0.4, -0.2) is 58.3 Å². The first-order chi connectivity index (χ1) is 12.3. The molecule has 1 fully saturated rings. The SMILES string of the molecule is CC1CCCN(C(=O)CCN(c2ccc3c(c2)OCCO3)S(C)(=O)=O)C1. The van der Waals surface area contributed by atoms with Crippen LogP contribution < -0.4 is 13.8 Å². The van der Waals surface area contributed by atoms with Crippen molar-refractivity contribution in [3.05, 3.63) is 18.2 Å². The van der Waals surface area contributed by atoms with Crippen LogP contribution in [-0.2, 0) is 14.8 Å². The largest absolute Gasteiger partial charge is 0.486 e. The van der Waals surface area contributed by atoms with Gasteiger partial charge in [0.15, 0.2) is 11.5 Å². The maximum atomic E-state index is 12.5. The number of likely N-dealkylation sites (tertiary alicyclic amines) is 1. The summed E-state index contributed by atoms with van der Waals surface area (Å²) in [5.41, 5.74) is 0.483. The molecule has 8 heteroatoms. The van der Waals surface area contributed by atoms with Gasteiger partial charge in [-0.1, -0.05) is 6.92 Å². The average molecular weight is 382 g/mol. The summed E-state index contributed by atoms with van der Waals surface area (Å²) in [5.74, 6) is 1.63. The molecule has 1 aromatic carbocycles. The normalized spacial score (nSPS) is 19.9. The lowest BCUT2D eigenvalue weighted by atomic mass is 10.00. The van der Waals surface area contributed by atoms with E-state index in [1.165, 1.54) is 4.31 Å². The Labute approximate surface area is 154 Å². The molecule has 1 amide bonds. The van der Waals surface area contributed by atoms with Crippen LogP contribution in [0.5, 0.6) is 11.5 Å². The standard InChI is InChI=1S/C18H26N2O5S/c1-14-4-3-8-19(13-14)18(21)7-9-20(26(2,22)23)15-5-6-16-17(12-15)25-11-10-24-16/h5-6,12,14H,3-4,7-11,13H2,1-2H3. The number of ether oxygens (including phenoxy) is 2. The number of carbonyl (C=O) groups is 1. The number of sulfonamides is 1. The van der Waals surface area contributed by atoms with Crippen molar-refractivity contribution in [2.24, 2.45) is 5.92 Å². The molecule has 0 N–H and O–H groups in total. The smallest absolute Gasteiger partial charge is 0.232 e. The van der Waals surface area contributed by atoms with Gasteiger partial charge in [-0.2, -0.15) is 0 Å². The van der Waals surface area contributed by atoms with Crippen molar-refractivity contribution in [2.45, 2.75) is 26.2 Å². The van der Waals surface area contributed by atoms with Gasteiger partial charge >= 0.3 is 0 Å². The van der Waals surface area contributed by atoms with E-state index in [-0.39, 0.29) is 18.9 Å². The number of carbonyl (C=O) groups excluding carboxylic acids is 1. The third-order valence-electron chi connectivity index (χ3n) is 4.75. The summed E-state index contributed by atoms with van der Waals surface area (Å²) >= 11 is 0. The van der Waals surface area contributed by atoms with Gasteiger partial charge in [-0.3, -0.25) is 9.10 Å². The lowest BCUT2D eigenvalue weighted by molar-refractivity contribution is -0.132. The molecule has 0 radical (unpaired) electrons. The number of nitrogens with zero attached hydrogens (tertiary/aromatic N) is 2. The van der Waals surface area contributed by atoms with E-state index in [1.807, 2.05) is 4.90 Å². The van der Waals surface area contributed by atoms with E-state index in [4.69, 9.17) is 9.47 Å². The molecule has 0 aliphatic carbocycles. The van der Waals surface area contributed by atoms with Crippen molar-refractivity contribution in [1.29, 1.82) is 0 Å². The second-order valence-corrected chi connectivity index (χ2v) is 8.91. The number of fused-ring (bicyclic) bond motifs is 1. The monoisotopic (exact) mass is 382 g/mol. The van der Waals surface area contributed by atoms with E-state index in [0.29, 0.717) is 36.3 Å². The summed E-state index contributed by atoms with van der Waals surface area (Å²) in [5, 5.41) is 0. The average Bonchev–Trinajstić information content (AvgIpc) is 2.60. The van der Waals surface area contributed by atoms with E-state index in [1.54, 1.807) is 18.2 Å². The second-order valence-electron chi connectivity index (χ2n) is 7.00. The fraction of sp³-hybridized carbons (Fsp3) is 0.611. The second kappa shape index (κ2) is 7.73. The predicted octanol–water partition coefficient (Wildman–Crippen LogP) is 1.87.